The third-order valence-corrected chi connectivity index (χ3v) is 3.89. The highest BCUT2D eigenvalue weighted by Crippen LogP contribution is 2.46. The van der Waals surface area contributed by atoms with E-state index < -0.39 is 55.3 Å². The molecule has 0 aliphatic heterocycles. The molecule has 1 aliphatic carbocycles. The minimum atomic E-state index is -6.24. The second-order valence-corrected chi connectivity index (χ2v) is 5.53. The lowest BCUT2D eigenvalue weighted by Crippen LogP contribution is -2.26. The Morgan fingerprint density at radius 2 is 1.45 bits per heavy atom. The van der Waals surface area contributed by atoms with Gasteiger partial charge in [0, 0.05) is 0 Å². The van der Waals surface area contributed by atoms with Crippen molar-refractivity contribution in [3.8, 4) is 0 Å². The largest absolute Gasteiger partial charge is 0.493 e. The maximum Gasteiger partial charge on any atom is 0.493 e. The van der Waals surface area contributed by atoms with Gasteiger partial charge in [-0.05, 0) is 4.91 Å². The number of sulfone groups is 1. The van der Waals surface area contributed by atoms with Crippen LogP contribution in [-0.2, 0) is 9.84 Å². The van der Waals surface area contributed by atoms with E-state index >= 15 is 0 Å². The third kappa shape index (κ3) is 2.30. The Bertz CT molecular complexity index is 637. The summed E-state index contributed by atoms with van der Waals surface area (Å²) in [5.74, 6) is -10.4. The van der Waals surface area contributed by atoms with Crippen molar-refractivity contribution in [1.29, 1.82) is 0 Å². The van der Waals surface area contributed by atoms with Crippen LogP contribution in [0.25, 0.3) is 0 Å². The van der Waals surface area contributed by atoms with Gasteiger partial charge in [-0.1, -0.05) is 12.5 Å². The molecule has 0 aromatic rings. The average Bonchev–Trinajstić information content (AvgIpc) is 2.32. The normalized spacial score (nSPS) is 20.8. The fourth-order valence-corrected chi connectivity index (χ4v) is 2.02. The maximum atomic E-state index is 13.2. The first-order valence-corrected chi connectivity index (χ1v) is 5.99. The highest BCUT2D eigenvalue weighted by Gasteiger charge is 2.46. The number of allylic oxidation sites excluding steroid dienone is 6. The van der Waals surface area contributed by atoms with Crippen molar-refractivity contribution in [2.75, 3.05) is 0 Å². The van der Waals surface area contributed by atoms with Crippen LogP contribution < -0.4 is 0 Å². The topological polar surface area (TPSA) is 34.1 Å². The van der Waals surface area contributed by atoms with Crippen LogP contribution in [0.3, 0.4) is 0 Å². The summed E-state index contributed by atoms with van der Waals surface area (Å²) in [5.41, 5.74) is -8.09. The van der Waals surface area contributed by atoms with Crippen LogP contribution in [0, 0.1) is 6.17 Å². The van der Waals surface area contributed by atoms with E-state index in [4.69, 9.17) is 0 Å². The van der Waals surface area contributed by atoms with Crippen molar-refractivity contribution < 1.29 is 43.5 Å². The number of hydrogen-bond acceptors (Lipinski definition) is 2. The summed E-state index contributed by atoms with van der Waals surface area (Å²) in [6.07, 6.45) is -2.58. The minimum Gasteiger partial charge on any atom is -0.262 e. The van der Waals surface area contributed by atoms with Crippen LogP contribution >= 0.6 is 0 Å². The lowest BCUT2D eigenvalue weighted by atomic mass is 10.0. The minimum absolute atomic E-state index is 0.0844. The van der Waals surface area contributed by atoms with Crippen LogP contribution in [0.15, 0.2) is 33.8 Å². The summed E-state index contributed by atoms with van der Waals surface area (Å²) >= 11 is 0. The van der Waals surface area contributed by atoms with Crippen LogP contribution in [0.5, 0.6) is 0 Å². The molecule has 0 atom stereocenters. The summed E-state index contributed by atoms with van der Waals surface area (Å²) < 4.78 is 123. The van der Waals surface area contributed by atoms with Gasteiger partial charge in [-0.25, -0.2) is 17.2 Å². The molecule has 0 N–H and O–H groups in total. The van der Waals surface area contributed by atoms with E-state index in [2.05, 4.69) is 0 Å². The molecule has 0 saturated carbocycles. The van der Waals surface area contributed by atoms with Gasteiger partial charge in [0.25, 0.3) is 0 Å². The second kappa shape index (κ2) is 4.79. The molecule has 2 nitrogen and oxygen atoms in total. The Hall–Kier alpha value is -1.52. The van der Waals surface area contributed by atoms with Crippen LogP contribution in [-0.4, -0.2) is 13.9 Å². The summed E-state index contributed by atoms with van der Waals surface area (Å²) in [6.45, 7) is 0.0844. The first kappa shape index (κ1) is 16.5. The molecule has 0 fully saturated rings. The average molecular weight is 327 g/mol. The van der Waals surface area contributed by atoms with Crippen molar-refractivity contribution in [3.05, 3.63) is 40.0 Å². The molecule has 20 heavy (non-hydrogen) atoms. The van der Waals surface area contributed by atoms with E-state index in [9.17, 15) is 43.5 Å². The molecule has 0 amide bonds. The van der Waals surface area contributed by atoms with E-state index in [-0.39, 0.29) is 6.92 Å². The standard InChI is InChI=1S/C9H3F8O2S/c1-2(20(18,19)9(15,16)17)3-4(10)6(12)8(14)7(13)5(3)11/h1H3/q-1. The lowest BCUT2D eigenvalue weighted by molar-refractivity contribution is -0.0427. The second-order valence-electron chi connectivity index (χ2n) is 3.45. The molecule has 1 aliphatic rings. The van der Waals surface area contributed by atoms with Gasteiger partial charge < -0.3 is 0 Å². The highest BCUT2D eigenvalue weighted by molar-refractivity contribution is 7.96. The number of hydrogen-bond donors (Lipinski definition) is 0. The molecule has 0 aromatic carbocycles. The Morgan fingerprint density at radius 3 is 1.85 bits per heavy atom. The number of rotatable bonds is 1. The molecule has 114 valence electrons. The van der Waals surface area contributed by atoms with Crippen LogP contribution in [0.4, 0.5) is 35.1 Å². The van der Waals surface area contributed by atoms with Gasteiger partial charge in [-0.15, -0.1) is 0 Å². The van der Waals surface area contributed by atoms with E-state index in [1.165, 1.54) is 0 Å². The van der Waals surface area contributed by atoms with Gasteiger partial charge in [0.05, 0.1) is 12.0 Å². The predicted octanol–water partition coefficient (Wildman–Crippen LogP) is 4.01. The van der Waals surface area contributed by atoms with Gasteiger partial charge >= 0.3 is 5.51 Å². The van der Waals surface area contributed by atoms with Crippen molar-refractivity contribution in [2.45, 2.75) is 12.4 Å². The Balaban J connectivity index is 3.67. The fraction of sp³-hybridized carbons (Fsp3) is 0.222. The molecule has 0 bridgehead atoms. The molecule has 1 rings (SSSR count). The van der Waals surface area contributed by atoms with Crippen molar-refractivity contribution in [2.24, 2.45) is 0 Å². The smallest absolute Gasteiger partial charge is 0.262 e. The Labute approximate surface area is 107 Å². The molecule has 0 heterocycles. The molecule has 0 spiro atoms. The van der Waals surface area contributed by atoms with E-state index in [1.54, 1.807) is 0 Å². The van der Waals surface area contributed by atoms with Gasteiger partial charge in [0.15, 0.2) is 0 Å². The van der Waals surface area contributed by atoms with E-state index in [0.29, 0.717) is 0 Å². The zero-order valence-corrected chi connectivity index (χ0v) is 10.1. The molecule has 0 unspecified atom stereocenters. The Kier molecular flexibility index (Phi) is 3.96. The zero-order valence-electron chi connectivity index (χ0n) is 9.25. The summed E-state index contributed by atoms with van der Waals surface area (Å²) in [4.78, 5) is -2.03. The van der Waals surface area contributed by atoms with E-state index in [1.807, 2.05) is 0 Å². The third-order valence-electron chi connectivity index (χ3n) is 2.27. The quantitative estimate of drug-likeness (QED) is 0.539. The van der Waals surface area contributed by atoms with Crippen molar-refractivity contribution >= 4 is 9.84 Å². The first-order chi connectivity index (χ1) is 8.84. The highest BCUT2D eigenvalue weighted by atomic mass is 32.2. The molecular formula is C9H3F8O2S-. The lowest BCUT2D eigenvalue weighted by Gasteiger charge is -2.26. The first-order valence-electron chi connectivity index (χ1n) is 4.50. The number of alkyl halides is 3. The van der Waals surface area contributed by atoms with E-state index in [0.717, 1.165) is 0 Å². The molecule has 0 radical (unpaired) electrons. The van der Waals surface area contributed by atoms with Crippen molar-refractivity contribution in [1.82, 2.24) is 0 Å². The summed E-state index contributed by atoms with van der Waals surface area (Å²) in [6, 6.07) is 0. The molecular weight excluding hydrogens is 324 g/mol. The van der Waals surface area contributed by atoms with Gasteiger partial charge in [0.2, 0.25) is 9.84 Å². The van der Waals surface area contributed by atoms with Crippen LogP contribution in [0.1, 0.15) is 6.92 Å². The monoisotopic (exact) mass is 327 g/mol. The molecule has 11 heteroatoms. The van der Waals surface area contributed by atoms with Gasteiger partial charge in [-0.3, -0.25) is 13.2 Å². The van der Waals surface area contributed by atoms with Gasteiger partial charge in [-0.2, -0.15) is 13.2 Å². The molecule has 0 aromatic heterocycles. The summed E-state index contributed by atoms with van der Waals surface area (Å²) in [5, 5.41) is 0. The fourth-order valence-electron chi connectivity index (χ4n) is 1.22. The van der Waals surface area contributed by atoms with Crippen LogP contribution in [0.2, 0.25) is 0 Å². The predicted molar refractivity (Wildman–Crippen MR) is 50.5 cm³/mol. The Morgan fingerprint density at radius 1 is 1.00 bits per heavy atom. The zero-order chi connectivity index (χ0) is 16.0. The maximum absolute atomic E-state index is 13.2. The van der Waals surface area contributed by atoms with Crippen molar-refractivity contribution in [3.63, 3.8) is 0 Å². The molecule has 0 saturated heterocycles. The van der Waals surface area contributed by atoms with Gasteiger partial charge in [0.1, 0.15) is 17.5 Å². The SMILES string of the molecule is CC(=C1C(F)=C(F)C(F)=C(F)[C-]1F)S(=O)(=O)C(F)(F)F. The number of halogens is 8. The summed E-state index contributed by atoms with van der Waals surface area (Å²) in [7, 11) is -6.24.